The molecule has 4 aromatic rings. The number of fused-ring (bicyclic) bond motifs is 1. The van der Waals surface area contributed by atoms with Gasteiger partial charge in [0.2, 0.25) is 0 Å². The van der Waals surface area contributed by atoms with Crippen LogP contribution >= 0.6 is 0 Å². The second-order valence-corrected chi connectivity index (χ2v) is 7.63. The first-order chi connectivity index (χ1) is 14.2. The van der Waals surface area contributed by atoms with Gasteiger partial charge in [-0.3, -0.25) is 0 Å². The maximum Gasteiger partial charge on any atom is 0.144 e. The van der Waals surface area contributed by atoms with E-state index in [-0.39, 0.29) is 17.2 Å². The van der Waals surface area contributed by atoms with E-state index in [1.807, 2.05) is 31.2 Å². The van der Waals surface area contributed by atoms with Crippen LogP contribution in [-0.4, -0.2) is 14.7 Å². The van der Waals surface area contributed by atoms with Gasteiger partial charge in [-0.25, -0.2) is 8.91 Å². The lowest BCUT2D eigenvalue weighted by Gasteiger charge is -2.25. The first-order valence-electron chi connectivity index (χ1n) is 9.52. The van der Waals surface area contributed by atoms with E-state index >= 15 is 0 Å². The number of hydrogen-bond donors (Lipinski definition) is 2. The van der Waals surface area contributed by atoms with Crippen molar-refractivity contribution in [2.24, 2.45) is 0 Å². The maximum atomic E-state index is 13.4. The van der Waals surface area contributed by atoms with Crippen LogP contribution in [0.1, 0.15) is 34.9 Å². The Morgan fingerprint density at radius 2 is 1.73 bits per heavy atom. The van der Waals surface area contributed by atoms with Gasteiger partial charge < -0.3 is 10.8 Å². The second-order valence-electron chi connectivity index (χ2n) is 7.63. The number of halogens is 1. The summed E-state index contributed by atoms with van der Waals surface area (Å²) in [5.74, 6) is -0.196. The summed E-state index contributed by atoms with van der Waals surface area (Å²) in [5, 5.41) is 25.7. The molecule has 1 atom stereocenters. The molecule has 0 spiro atoms. The highest BCUT2D eigenvalue weighted by molar-refractivity contribution is 5.82. The molecule has 0 aliphatic heterocycles. The minimum atomic E-state index is -1.33. The van der Waals surface area contributed by atoms with Gasteiger partial charge in [0, 0.05) is 11.1 Å². The summed E-state index contributed by atoms with van der Waals surface area (Å²) in [6.45, 7) is 5.50. The van der Waals surface area contributed by atoms with Crippen molar-refractivity contribution in [1.82, 2.24) is 9.61 Å². The van der Waals surface area contributed by atoms with Crippen LogP contribution in [0.3, 0.4) is 0 Å². The molecule has 0 amide bonds. The van der Waals surface area contributed by atoms with Crippen molar-refractivity contribution < 1.29 is 9.50 Å². The molecule has 6 heteroatoms. The number of rotatable bonds is 3. The lowest BCUT2D eigenvalue weighted by molar-refractivity contribution is 0.103. The second kappa shape index (κ2) is 6.97. The molecular weight excluding hydrogens is 379 g/mol. The normalized spacial score (nSPS) is 13.2. The number of aliphatic hydroxyl groups is 1. The Hall–Kier alpha value is -3.69. The molecule has 2 heterocycles. The molecule has 5 nitrogen and oxygen atoms in total. The third kappa shape index (κ3) is 3.00. The molecule has 1 unspecified atom stereocenters. The SMILES string of the molecule is Cc1ccc(C(C)(O)c2c(C)nn3c(N)c(C#N)c(-c4ccc(F)cc4)cc23)cc1. The zero-order valence-corrected chi connectivity index (χ0v) is 16.9. The molecule has 2 aromatic carbocycles. The number of hydrogen-bond acceptors (Lipinski definition) is 4. The van der Waals surface area contributed by atoms with Gasteiger partial charge in [-0.15, -0.1) is 0 Å². The average molecular weight is 400 g/mol. The number of nitriles is 1. The fraction of sp³-hybridized carbons (Fsp3) is 0.167. The van der Waals surface area contributed by atoms with Gasteiger partial charge in [-0.2, -0.15) is 10.4 Å². The summed E-state index contributed by atoms with van der Waals surface area (Å²) < 4.78 is 14.9. The first kappa shape index (κ1) is 19.6. The Bertz CT molecular complexity index is 1300. The number of aromatic nitrogens is 2. The molecule has 4 rings (SSSR count). The summed E-state index contributed by atoms with van der Waals surface area (Å²) >= 11 is 0. The zero-order valence-electron chi connectivity index (χ0n) is 16.9. The fourth-order valence-corrected chi connectivity index (χ4v) is 3.91. The van der Waals surface area contributed by atoms with Crippen LogP contribution in [0.5, 0.6) is 0 Å². The third-order valence-electron chi connectivity index (χ3n) is 5.50. The minimum absolute atomic E-state index is 0.170. The number of benzene rings is 2. The van der Waals surface area contributed by atoms with Crippen molar-refractivity contribution >= 4 is 11.3 Å². The van der Waals surface area contributed by atoms with Crippen molar-refractivity contribution in [2.45, 2.75) is 26.4 Å². The molecule has 2 aromatic heterocycles. The van der Waals surface area contributed by atoms with Gasteiger partial charge in [0.15, 0.2) is 0 Å². The Morgan fingerprint density at radius 1 is 1.10 bits per heavy atom. The summed E-state index contributed by atoms with van der Waals surface area (Å²) in [5.41, 5.74) is 10.0. The van der Waals surface area contributed by atoms with Gasteiger partial charge in [0.05, 0.1) is 11.2 Å². The summed E-state index contributed by atoms with van der Waals surface area (Å²) in [4.78, 5) is 0. The van der Waals surface area contributed by atoms with Crippen LogP contribution in [0.2, 0.25) is 0 Å². The largest absolute Gasteiger partial charge is 0.383 e. The lowest BCUT2D eigenvalue weighted by Crippen LogP contribution is -2.23. The number of pyridine rings is 1. The summed E-state index contributed by atoms with van der Waals surface area (Å²) in [6, 6.07) is 17.4. The minimum Gasteiger partial charge on any atom is -0.383 e. The van der Waals surface area contributed by atoms with Crippen LogP contribution < -0.4 is 5.73 Å². The van der Waals surface area contributed by atoms with Gasteiger partial charge in [0.25, 0.3) is 0 Å². The molecule has 3 N–H and O–H groups in total. The van der Waals surface area contributed by atoms with E-state index in [0.717, 1.165) is 11.1 Å². The fourth-order valence-electron chi connectivity index (χ4n) is 3.91. The molecule has 0 saturated heterocycles. The van der Waals surface area contributed by atoms with Crippen LogP contribution in [0.25, 0.3) is 16.6 Å². The predicted octanol–water partition coefficient (Wildman–Crippen LogP) is 4.47. The summed E-state index contributed by atoms with van der Waals surface area (Å²) in [7, 11) is 0. The van der Waals surface area contributed by atoms with Crippen molar-refractivity contribution in [3.05, 3.63) is 88.4 Å². The molecule has 150 valence electrons. The van der Waals surface area contributed by atoms with E-state index < -0.39 is 5.60 Å². The van der Waals surface area contributed by atoms with Crippen molar-refractivity contribution in [2.75, 3.05) is 5.73 Å². The van der Waals surface area contributed by atoms with E-state index in [2.05, 4.69) is 11.2 Å². The van der Waals surface area contributed by atoms with Crippen LogP contribution in [0.15, 0.2) is 54.6 Å². The monoisotopic (exact) mass is 400 g/mol. The van der Waals surface area contributed by atoms with Gasteiger partial charge in [0.1, 0.15) is 28.9 Å². The zero-order chi connectivity index (χ0) is 21.6. The Kier molecular flexibility index (Phi) is 4.56. The highest BCUT2D eigenvalue weighted by atomic mass is 19.1. The van der Waals surface area contributed by atoms with E-state index in [0.29, 0.717) is 27.9 Å². The number of anilines is 1. The molecule has 0 saturated carbocycles. The first-order valence-corrected chi connectivity index (χ1v) is 9.52. The molecule has 0 fully saturated rings. The lowest BCUT2D eigenvalue weighted by atomic mass is 9.86. The molecule has 30 heavy (non-hydrogen) atoms. The summed E-state index contributed by atoms with van der Waals surface area (Å²) in [6.07, 6.45) is 0. The van der Waals surface area contributed by atoms with E-state index in [1.165, 1.54) is 16.6 Å². The van der Waals surface area contributed by atoms with Crippen LogP contribution in [-0.2, 0) is 5.60 Å². The molecular formula is C24H21FN4O. The quantitative estimate of drug-likeness (QED) is 0.531. The van der Waals surface area contributed by atoms with E-state index in [9.17, 15) is 14.8 Å². The maximum absolute atomic E-state index is 13.4. The Morgan fingerprint density at radius 3 is 2.33 bits per heavy atom. The predicted molar refractivity (Wildman–Crippen MR) is 114 cm³/mol. The third-order valence-corrected chi connectivity index (χ3v) is 5.50. The topological polar surface area (TPSA) is 87.3 Å². The van der Waals surface area contributed by atoms with Crippen molar-refractivity contribution in [3.63, 3.8) is 0 Å². The van der Waals surface area contributed by atoms with E-state index in [1.54, 1.807) is 32.0 Å². The Balaban J connectivity index is 2.03. The highest BCUT2D eigenvalue weighted by Gasteiger charge is 2.32. The molecule has 0 aliphatic carbocycles. The smallest absolute Gasteiger partial charge is 0.144 e. The molecule has 0 radical (unpaired) electrons. The van der Waals surface area contributed by atoms with Gasteiger partial charge >= 0.3 is 0 Å². The molecule has 0 bridgehead atoms. The van der Waals surface area contributed by atoms with E-state index in [4.69, 9.17) is 5.73 Å². The van der Waals surface area contributed by atoms with Crippen molar-refractivity contribution in [1.29, 1.82) is 5.26 Å². The molecule has 0 aliphatic rings. The van der Waals surface area contributed by atoms with Crippen molar-refractivity contribution in [3.8, 4) is 17.2 Å². The van der Waals surface area contributed by atoms with Crippen LogP contribution in [0.4, 0.5) is 10.2 Å². The van der Waals surface area contributed by atoms with Gasteiger partial charge in [-0.05, 0) is 50.1 Å². The van der Waals surface area contributed by atoms with Crippen LogP contribution in [0, 0.1) is 31.0 Å². The number of nitrogens with two attached hydrogens (primary N) is 1. The standard InChI is InChI=1S/C24H21FN4O/c1-14-4-8-17(9-5-14)24(3,30)22-15(2)28-29-21(22)12-19(20(13-26)23(29)27)16-6-10-18(25)11-7-16/h4-12,30H,27H2,1-3H3. The Labute approximate surface area is 173 Å². The number of nitrogens with zero attached hydrogens (tertiary/aromatic N) is 3. The number of nitrogen functional groups attached to an aromatic ring is 1. The average Bonchev–Trinajstić information content (AvgIpc) is 3.06. The van der Waals surface area contributed by atoms with Gasteiger partial charge in [-0.1, -0.05) is 42.0 Å². The highest BCUT2D eigenvalue weighted by Crippen LogP contribution is 2.38. The number of aryl methyl sites for hydroxylation is 2.